The van der Waals surface area contributed by atoms with Crippen LogP contribution >= 0.6 is 11.6 Å². The van der Waals surface area contributed by atoms with Crippen LogP contribution in [0.2, 0.25) is 5.02 Å². The number of carbonyl (C=O) groups is 2. The largest absolute Gasteiger partial charge is 0.493 e. The van der Waals surface area contributed by atoms with Crippen LogP contribution < -0.4 is 24.7 Å². The van der Waals surface area contributed by atoms with E-state index in [0.29, 0.717) is 0 Å². The molecule has 0 aliphatic rings. The predicted molar refractivity (Wildman–Crippen MR) is 103 cm³/mol. The summed E-state index contributed by atoms with van der Waals surface area (Å²) >= 11 is 5.97. The van der Waals surface area contributed by atoms with Crippen molar-refractivity contribution in [3.8, 4) is 17.2 Å². The third-order valence-electron chi connectivity index (χ3n) is 3.60. The Balaban J connectivity index is 2.42. The molecule has 2 aromatic rings. The van der Waals surface area contributed by atoms with E-state index in [4.69, 9.17) is 36.7 Å². The van der Waals surface area contributed by atoms with Crippen molar-refractivity contribution in [3.05, 3.63) is 40.9 Å². The van der Waals surface area contributed by atoms with E-state index in [2.05, 4.69) is 4.72 Å². The number of primary amides is 1. The molecular formula is C17H17ClN2O8S. The minimum Gasteiger partial charge on any atom is -0.493 e. The maximum atomic E-state index is 12.7. The van der Waals surface area contributed by atoms with Crippen LogP contribution in [-0.2, 0) is 14.8 Å². The first kappa shape index (κ1) is 22.1. The number of nitrogens with two attached hydrogens (primary N) is 1. The number of carboxylic acids is 1. The molecule has 0 aliphatic carbocycles. The van der Waals surface area contributed by atoms with Crippen LogP contribution in [0.5, 0.6) is 17.2 Å². The smallest absolute Gasteiger partial charge is 0.341 e. The van der Waals surface area contributed by atoms with Gasteiger partial charge in [0.1, 0.15) is 5.75 Å². The van der Waals surface area contributed by atoms with Gasteiger partial charge in [-0.25, -0.2) is 13.2 Å². The fraction of sp³-hybridized carbons (Fsp3) is 0.176. The second-order valence-electron chi connectivity index (χ2n) is 5.50. The zero-order valence-corrected chi connectivity index (χ0v) is 16.8. The van der Waals surface area contributed by atoms with Gasteiger partial charge in [-0.1, -0.05) is 11.6 Å². The Morgan fingerprint density at radius 1 is 1.10 bits per heavy atom. The van der Waals surface area contributed by atoms with Gasteiger partial charge in [0.15, 0.2) is 18.1 Å². The van der Waals surface area contributed by atoms with E-state index in [1.807, 2.05) is 0 Å². The number of halogens is 1. The maximum absolute atomic E-state index is 12.7. The van der Waals surface area contributed by atoms with Crippen LogP contribution in [0, 0.1) is 0 Å². The molecule has 1 amide bonds. The number of rotatable bonds is 9. The molecule has 10 nitrogen and oxygen atoms in total. The summed E-state index contributed by atoms with van der Waals surface area (Å²) in [6, 6.07) is 5.95. The molecule has 0 radical (unpaired) electrons. The van der Waals surface area contributed by atoms with Crippen LogP contribution in [0.15, 0.2) is 35.2 Å². The van der Waals surface area contributed by atoms with Gasteiger partial charge < -0.3 is 25.1 Å². The van der Waals surface area contributed by atoms with Crippen LogP contribution in [0.3, 0.4) is 0 Å². The quantitative estimate of drug-likeness (QED) is 0.528. The molecule has 0 bridgehead atoms. The number of amides is 1. The van der Waals surface area contributed by atoms with Crippen LogP contribution in [0.4, 0.5) is 5.69 Å². The number of methoxy groups -OCH3 is 2. The van der Waals surface area contributed by atoms with E-state index in [1.165, 1.54) is 32.4 Å². The van der Waals surface area contributed by atoms with Gasteiger partial charge in [0.05, 0.1) is 35.4 Å². The fourth-order valence-corrected chi connectivity index (χ4v) is 3.67. The number of hydrogen-bond acceptors (Lipinski definition) is 7. The molecule has 0 spiro atoms. The van der Waals surface area contributed by atoms with Crippen molar-refractivity contribution in [2.75, 3.05) is 25.5 Å². The first-order valence-electron chi connectivity index (χ1n) is 7.81. The Kier molecular flexibility index (Phi) is 6.77. The lowest BCUT2D eigenvalue weighted by Crippen LogP contribution is -2.19. The highest BCUT2D eigenvalue weighted by molar-refractivity contribution is 7.92. The Morgan fingerprint density at radius 3 is 2.24 bits per heavy atom. The lowest BCUT2D eigenvalue weighted by molar-refractivity contribution is -0.139. The first-order chi connectivity index (χ1) is 13.6. The highest BCUT2D eigenvalue weighted by atomic mass is 35.5. The number of hydrogen-bond donors (Lipinski definition) is 3. The molecule has 0 unspecified atom stereocenters. The Bertz CT molecular complexity index is 1060. The van der Waals surface area contributed by atoms with E-state index in [9.17, 15) is 18.0 Å². The predicted octanol–water partition coefficient (Wildman–Crippen LogP) is 1.72. The molecule has 2 aromatic carbocycles. The standard InChI is InChI=1S/C17H17ClN2O8S/c1-26-14-6-10(17(19)23)12(7-15(14)27-2)20-29(24,25)9-3-4-13(11(18)5-9)28-8-16(21)22/h3-7,20H,8H2,1-2H3,(H2,19,23)(H,21,22). The SMILES string of the molecule is COc1cc(NS(=O)(=O)c2ccc(OCC(=O)O)c(Cl)c2)c(C(N)=O)cc1OC. The van der Waals surface area contributed by atoms with Gasteiger partial charge >= 0.3 is 5.97 Å². The van der Waals surface area contributed by atoms with E-state index in [1.54, 1.807) is 0 Å². The van der Waals surface area contributed by atoms with Gasteiger partial charge in [-0.05, 0) is 24.3 Å². The molecule has 0 aromatic heterocycles. The molecule has 156 valence electrons. The molecule has 0 fully saturated rings. The summed E-state index contributed by atoms with van der Waals surface area (Å²) in [5, 5.41) is 8.52. The molecule has 12 heteroatoms. The molecule has 0 aliphatic heterocycles. The van der Waals surface area contributed by atoms with Crippen molar-refractivity contribution in [3.63, 3.8) is 0 Å². The summed E-state index contributed by atoms with van der Waals surface area (Å²) in [6.07, 6.45) is 0. The first-order valence-corrected chi connectivity index (χ1v) is 9.68. The molecule has 0 saturated heterocycles. The second-order valence-corrected chi connectivity index (χ2v) is 7.59. The normalized spacial score (nSPS) is 10.9. The Morgan fingerprint density at radius 2 is 1.72 bits per heavy atom. The number of ether oxygens (including phenoxy) is 3. The van der Waals surface area contributed by atoms with E-state index >= 15 is 0 Å². The maximum Gasteiger partial charge on any atom is 0.341 e. The van der Waals surface area contributed by atoms with Gasteiger partial charge in [0.2, 0.25) is 0 Å². The highest BCUT2D eigenvalue weighted by Gasteiger charge is 2.22. The van der Waals surface area contributed by atoms with Gasteiger partial charge in [-0.3, -0.25) is 9.52 Å². The molecule has 4 N–H and O–H groups in total. The second kappa shape index (κ2) is 8.88. The lowest BCUT2D eigenvalue weighted by atomic mass is 10.1. The van der Waals surface area contributed by atoms with Gasteiger partial charge in [-0.15, -0.1) is 0 Å². The topological polar surface area (TPSA) is 154 Å². The highest BCUT2D eigenvalue weighted by Crippen LogP contribution is 2.35. The average molecular weight is 445 g/mol. The molecular weight excluding hydrogens is 428 g/mol. The van der Waals surface area contributed by atoms with Crippen molar-refractivity contribution in [1.29, 1.82) is 0 Å². The monoisotopic (exact) mass is 444 g/mol. The molecule has 29 heavy (non-hydrogen) atoms. The van der Waals surface area contributed by atoms with Crippen LogP contribution in [-0.4, -0.2) is 46.2 Å². The van der Waals surface area contributed by atoms with Gasteiger partial charge in [-0.2, -0.15) is 0 Å². The minimum absolute atomic E-state index is 0.00282. The average Bonchev–Trinajstić information content (AvgIpc) is 2.65. The van der Waals surface area contributed by atoms with Crippen molar-refractivity contribution >= 4 is 39.2 Å². The fourth-order valence-electron chi connectivity index (χ4n) is 2.28. The molecule has 2 rings (SSSR count). The molecule has 0 heterocycles. The van der Waals surface area contributed by atoms with Crippen molar-refractivity contribution < 1.29 is 37.3 Å². The number of anilines is 1. The van der Waals surface area contributed by atoms with Crippen molar-refractivity contribution in [1.82, 2.24) is 0 Å². The molecule has 0 atom stereocenters. The number of carbonyl (C=O) groups excluding carboxylic acids is 1. The summed E-state index contributed by atoms with van der Waals surface area (Å²) in [7, 11) is -1.50. The zero-order chi connectivity index (χ0) is 21.8. The van der Waals surface area contributed by atoms with Crippen LogP contribution in [0.25, 0.3) is 0 Å². The van der Waals surface area contributed by atoms with E-state index in [-0.39, 0.29) is 38.4 Å². The third-order valence-corrected chi connectivity index (χ3v) is 5.26. The Hall–Kier alpha value is -3.18. The van der Waals surface area contributed by atoms with Crippen molar-refractivity contribution in [2.45, 2.75) is 4.90 Å². The van der Waals surface area contributed by atoms with Gasteiger partial charge in [0, 0.05) is 6.07 Å². The van der Waals surface area contributed by atoms with Crippen molar-refractivity contribution in [2.24, 2.45) is 5.73 Å². The van der Waals surface area contributed by atoms with E-state index < -0.39 is 28.5 Å². The summed E-state index contributed by atoms with van der Waals surface area (Å²) in [4.78, 5) is 22.1. The zero-order valence-electron chi connectivity index (χ0n) is 15.3. The van der Waals surface area contributed by atoms with Crippen LogP contribution in [0.1, 0.15) is 10.4 Å². The number of carboxylic acid groups (broad SMARTS) is 1. The number of sulfonamides is 1. The van der Waals surface area contributed by atoms with E-state index in [0.717, 1.165) is 12.1 Å². The summed E-state index contributed by atoms with van der Waals surface area (Å²) in [5.74, 6) is -1.75. The summed E-state index contributed by atoms with van der Waals surface area (Å²) in [5.41, 5.74) is 5.07. The summed E-state index contributed by atoms with van der Waals surface area (Å²) < 4.78 is 42.9. The minimum atomic E-state index is -4.19. The third kappa shape index (κ3) is 5.21. The van der Waals surface area contributed by atoms with Gasteiger partial charge in [0.25, 0.3) is 15.9 Å². The number of aliphatic carboxylic acids is 1. The lowest BCUT2D eigenvalue weighted by Gasteiger charge is -2.15. The molecule has 0 saturated carbocycles. The summed E-state index contributed by atoms with van der Waals surface area (Å²) in [6.45, 7) is -0.641. The Labute approximate surface area is 171 Å². The number of benzene rings is 2. The number of nitrogens with one attached hydrogen (secondary N) is 1.